The van der Waals surface area contributed by atoms with E-state index < -0.39 is 44.1 Å². The molecule has 1 unspecified atom stereocenters. The number of ketones is 1. The molecule has 1 saturated heterocycles. The van der Waals surface area contributed by atoms with Gasteiger partial charge in [-0.05, 0) is 75.8 Å². The maximum Gasteiger partial charge on any atom is 0.458 e. The Balaban J connectivity index is 1.39. The van der Waals surface area contributed by atoms with E-state index in [1.54, 1.807) is 12.1 Å². The van der Waals surface area contributed by atoms with Crippen LogP contribution in [0.3, 0.4) is 0 Å². The summed E-state index contributed by atoms with van der Waals surface area (Å²) in [6.07, 6.45) is 18.0. The molecule has 11 nitrogen and oxygen atoms in total. The number of carbonyl (C=O) groups is 1. The third kappa shape index (κ3) is 15.1. The fourth-order valence-electron chi connectivity index (χ4n) is 5.88. The van der Waals surface area contributed by atoms with E-state index in [9.17, 15) is 19.3 Å². The lowest BCUT2D eigenvalue weighted by Crippen LogP contribution is -2.43. The summed E-state index contributed by atoms with van der Waals surface area (Å²) in [5, 5.41) is 14.0. The van der Waals surface area contributed by atoms with Gasteiger partial charge in [0.25, 0.3) is 0 Å². The number of ether oxygens (including phenoxy) is 1. The maximum atomic E-state index is 15.7. The van der Waals surface area contributed by atoms with Gasteiger partial charge in [-0.3, -0.25) is 13.9 Å². The first-order chi connectivity index (χ1) is 24.4. The van der Waals surface area contributed by atoms with Gasteiger partial charge >= 0.3 is 13.4 Å². The smallest absolute Gasteiger partial charge is 0.413 e. The zero-order chi connectivity index (χ0) is 37.1. The van der Waals surface area contributed by atoms with Crippen LogP contribution < -0.4 is 21.0 Å². The molecule has 14 heteroatoms. The number of hydrogen-bond donors (Lipinski definition) is 3. The Bertz CT molecular complexity index is 1460. The van der Waals surface area contributed by atoms with Crippen LogP contribution in [0, 0.1) is 0 Å². The number of aliphatic hydroxyl groups is 1. The van der Waals surface area contributed by atoms with Gasteiger partial charge in [0.1, 0.15) is 29.6 Å². The number of halogens is 2. The lowest BCUT2D eigenvalue weighted by Gasteiger charge is -2.25. The number of allylic oxidation sites excluding steroid dienone is 2. The molecule has 0 radical (unpaired) electrons. The lowest BCUT2D eigenvalue weighted by molar-refractivity contribution is -0.119. The number of carbonyl (C=O) groups excluding carboxylic acids is 1. The number of aliphatic hydroxyl groups excluding tert-OH is 1. The second kappa shape index (κ2) is 22.5. The number of rotatable bonds is 26. The molecule has 0 spiro atoms. The molecule has 1 aliphatic rings. The van der Waals surface area contributed by atoms with Crippen LogP contribution in [0.1, 0.15) is 123 Å². The second-order valence-electron chi connectivity index (χ2n) is 13.4. The number of benzene rings is 1. The quantitative estimate of drug-likeness (QED) is 0.0483. The molecule has 0 bridgehead atoms. The van der Waals surface area contributed by atoms with E-state index in [0.717, 1.165) is 43.6 Å². The highest BCUT2D eigenvalue weighted by atomic mass is 35.5. The topological polar surface area (TPSA) is 155 Å². The molecule has 5 atom stereocenters. The number of hydrogen-bond acceptors (Lipinski definition) is 9. The van der Waals surface area contributed by atoms with Gasteiger partial charge < -0.3 is 20.1 Å². The van der Waals surface area contributed by atoms with Crippen molar-refractivity contribution in [3.63, 3.8) is 0 Å². The van der Waals surface area contributed by atoms with Crippen LogP contribution in [0.4, 0.5) is 10.2 Å². The summed E-state index contributed by atoms with van der Waals surface area (Å²) in [6, 6.07) is 7.42. The monoisotopic (exact) mass is 754 g/mol. The summed E-state index contributed by atoms with van der Waals surface area (Å²) in [5.74, 6) is 0.273. The van der Waals surface area contributed by atoms with Crippen LogP contribution in [0.5, 0.6) is 5.75 Å². The Morgan fingerprint density at radius 3 is 2.29 bits per heavy atom. The minimum atomic E-state index is -4.12. The van der Waals surface area contributed by atoms with Gasteiger partial charge in [-0.25, -0.2) is 18.8 Å². The fourth-order valence-corrected chi connectivity index (χ4v) is 7.39. The molecule has 0 saturated carbocycles. The van der Waals surface area contributed by atoms with Gasteiger partial charge in [0.15, 0.2) is 11.9 Å². The lowest BCUT2D eigenvalue weighted by atomic mass is 9.98. The summed E-state index contributed by atoms with van der Waals surface area (Å²) >= 11 is 5.97. The third-order valence-corrected chi connectivity index (χ3v) is 10.7. The second-order valence-corrected chi connectivity index (χ2v) is 15.6. The van der Waals surface area contributed by atoms with Crippen molar-refractivity contribution < 1.29 is 32.6 Å². The molecule has 0 amide bonds. The Labute approximate surface area is 307 Å². The number of nitrogens with zero attached hydrogens (tertiary/aromatic N) is 2. The Hall–Kier alpha value is -2.60. The van der Waals surface area contributed by atoms with Crippen LogP contribution in [0.25, 0.3) is 0 Å². The van der Waals surface area contributed by atoms with E-state index in [-0.39, 0.29) is 23.9 Å². The number of unbranched alkanes of at least 4 members (excludes halogenated alkanes) is 11. The molecule has 1 aliphatic heterocycles. The molecule has 286 valence electrons. The van der Waals surface area contributed by atoms with Gasteiger partial charge in [0.2, 0.25) is 0 Å². The van der Waals surface area contributed by atoms with E-state index in [2.05, 4.69) is 29.1 Å². The van der Waals surface area contributed by atoms with Gasteiger partial charge in [-0.15, -0.1) is 0 Å². The largest absolute Gasteiger partial charge is 0.458 e. The molecular weight excluding hydrogens is 698 g/mol. The van der Waals surface area contributed by atoms with E-state index in [1.807, 2.05) is 0 Å². The molecule has 3 rings (SSSR count). The molecule has 1 aromatic carbocycles. The SMILES string of the molecule is CCCCCCCC/C=C\CCCCCCCC(=O)CCCNP(=O)(OC[C@H]1O[C@@H](n2ccc(N)nc2=O)[C@](C)(F)[C@@H]1O)Oc1ccc(Cl)cc1. The average Bonchev–Trinajstić information content (AvgIpc) is 3.32. The van der Waals surface area contributed by atoms with Crippen molar-refractivity contribution in [2.45, 2.75) is 141 Å². The first kappa shape index (κ1) is 42.8. The highest BCUT2D eigenvalue weighted by Crippen LogP contribution is 2.47. The molecule has 1 fully saturated rings. The fraction of sp³-hybridized carbons (Fsp3) is 0.649. The van der Waals surface area contributed by atoms with Crippen molar-refractivity contribution >= 4 is 30.9 Å². The minimum absolute atomic E-state index is 0.0497. The first-order valence-electron chi connectivity index (χ1n) is 18.4. The molecule has 4 N–H and O–H groups in total. The van der Waals surface area contributed by atoms with Gasteiger partial charge in [0, 0.05) is 30.6 Å². The predicted octanol–water partition coefficient (Wildman–Crippen LogP) is 8.65. The van der Waals surface area contributed by atoms with Crippen LogP contribution in [0.15, 0.2) is 53.5 Å². The van der Waals surface area contributed by atoms with Crippen LogP contribution in [-0.2, 0) is 18.6 Å². The van der Waals surface area contributed by atoms with Crippen molar-refractivity contribution in [1.29, 1.82) is 0 Å². The van der Waals surface area contributed by atoms with Crippen molar-refractivity contribution in [2.24, 2.45) is 0 Å². The third-order valence-electron chi connectivity index (χ3n) is 8.92. The standard InChI is InChI=1S/C37H57ClFN4O7P/c1-3-4-5-6-7-8-9-10-11-12-13-14-15-16-17-19-30(44)20-18-26-41-51(47,50-31-23-21-29(38)22-24-31)48-28-32-34(45)37(2,39)35(49-32)43-27-25-33(40)42-36(43)46/h10-11,21-25,27,32,34-35,45H,3-9,12-20,26,28H2,1-2H3,(H,41,47)(H2,40,42,46)/b11-10-/t32-,34-,35-,37-,51?/m1/s1. The highest BCUT2D eigenvalue weighted by Gasteiger charge is 2.55. The molecule has 0 aliphatic carbocycles. The number of nitrogens with one attached hydrogen (secondary N) is 1. The maximum absolute atomic E-state index is 15.7. The summed E-state index contributed by atoms with van der Waals surface area (Å²) in [6.45, 7) is 2.92. The van der Waals surface area contributed by atoms with Crippen molar-refractivity contribution in [3.05, 3.63) is 64.2 Å². The van der Waals surface area contributed by atoms with Crippen LogP contribution in [-0.4, -0.2) is 51.5 Å². The predicted molar refractivity (Wildman–Crippen MR) is 200 cm³/mol. The highest BCUT2D eigenvalue weighted by molar-refractivity contribution is 7.52. The number of nitrogen functional groups attached to an aromatic ring is 1. The number of aromatic nitrogens is 2. The zero-order valence-electron chi connectivity index (χ0n) is 30.2. The zero-order valence-corrected chi connectivity index (χ0v) is 31.8. The van der Waals surface area contributed by atoms with Gasteiger partial charge in [0.05, 0.1) is 6.61 Å². The molecular formula is C37H57ClFN4O7P. The molecule has 1 aromatic heterocycles. The van der Waals surface area contributed by atoms with Crippen molar-refractivity contribution in [2.75, 3.05) is 18.9 Å². The van der Waals surface area contributed by atoms with Gasteiger partial charge in [-0.1, -0.05) is 82.0 Å². The molecule has 51 heavy (non-hydrogen) atoms. The van der Waals surface area contributed by atoms with Crippen molar-refractivity contribution in [1.82, 2.24) is 14.6 Å². The Morgan fingerprint density at radius 2 is 1.65 bits per heavy atom. The normalized spacial score (nSPS) is 21.6. The summed E-state index contributed by atoms with van der Waals surface area (Å²) in [5.41, 5.74) is 2.26. The number of nitrogens with two attached hydrogens (primary N) is 1. The van der Waals surface area contributed by atoms with Crippen LogP contribution in [0.2, 0.25) is 5.02 Å². The van der Waals surface area contributed by atoms with E-state index in [1.165, 1.54) is 75.8 Å². The summed E-state index contributed by atoms with van der Waals surface area (Å²) in [7, 11) is -4.12. The van der Waals surface area contributed by atoms with E-state index in [4.69, 9.17) is 31.1 Å². The summed E-state index contributed by atoms with van der Waals surface area (Å²) < 4.78 is 47.4. The van der Waals surface area contributed by atoms with E-state index in [0.29, 0.717) is 24.3 Å². The van der Waals surface area contributed by atoms with E-state index >= 15 is 4.39 Å². The Kier molecular flexibility index (Phi) is 18.9. The first-order valence-corrected chi connectivity index (χ1v) is 20.4. The minimum Gasteiger partial charge on any atom is -0.413 e. The summed E-state index contributed by atoms with van der Waals surface area (Å²) in [4.78, 5) is 28.5. The van der Waals surface area contributed by atoms with Crippen LogP contribution >= 0.6 is 19.3 Å². The van der Waals surface area contributed by atoms with Crippen molar-refractivity contribution in [3.8, 4) is 5.75 Å². The molecule has 2 heterocycles. The molecule has 2 aromatic rings. The van der Waals surface area contributed by atoms with Gasteiger partial charge in [-0.2, -0.15) is 4.98 Å². The number of alkyl halides is 1. The Morgan fingerprint density at radius 1 is 1.04 bits per heavy atom. The average molecular weight is 755 g/mol. The number of anilines is 1. The number of Topliss-reactive ketones (excluding diaryl/α,β-unsaturated/α-hetero) is 1.